The van der Waals surface area contributed by atoms with E-state index in [0.29, 0.717) is 10.7 Å². The van der Waals surface area contributed by atoms with E-state index in [-0.39, 0.29) is 24.9 Å². The SMILES string of the molecule is O=C(NCCn1nc(C(F)(F)F)cc1C1CC1)c1nc2ccccc2s1. The Labute approximate surface area is 150 Å². The van der Waals surface area contributed by atoms with Gasteiger partial charge in [-0.05, 0) is 31.0 Å². The molecule has 3 aromatic rings. The van der Waals surface area contributed by atoms with Crippen LogP contribution in [-0.4, -0.2) is 27.2 Å². The van der Waals surface area contributed by atoms with Crippen molar-refractivity contribution in [3.63, 3.8) is 0 Å². The molecule has 1 saturated carbocycles. The second-order valence-corrected chi connectivity index (χ2v) is 7.22. The third kappa shape index (κ3) is 3.44. The van der Waals surface area contributed by atoms with Gasteiger partial charge in [0.2, 0.25) is 0 Å². The lowest BCUT2D eigenvalue weighted by atomic mass is 10.2. The fourth-order valence-corrected chi connectivity index (χ4v) is 3.66. The maximum atomic E-state index is 12.9. The van der Waals surface area contributed by atoms with Gasteiger partial charge in [-0.3, -0.25) is 9.48 Å². The highest BCUT2D eigenvalue weighted by molar-refractivity contribution is 7.20. The van der Waals surface area contributed by atoms with Gasteiger partial charge in [-0.1, -0.05) is 12.1 Å². The highest BCUT2D eigenvalue weighted by Gasteiger charge is 2.37. The van der Waals surface area contributed by atoms with Gasteiger partial charge in [0.05, 0.1) is 16.8 Å². The summed E-state index contributed by atoms with van der Waals surface area (Å²) in [5.74, 6) is -0.194. The third-order valence-corrected chi connectivity index (χ3v) is 5.23. The van der Waals surface area contributed by atoms with Crippen LogP contribution in [0.4, 0.5) is 13.2 Å². The van der Waals surface area contributed by atoms with Gasteiger partial charge < -0.3 is 5.32 Å². The summed E-state index contributed by atoms with van der Waals surface area (Å²) >= 11 is 1.28. The van der Waals surface area contributed by atoms with Crippen molar-refractivity contribution in [2.75, 3.05) is 6.54 Å². The van der Waals surface area contributed by atoms with Gasteiger partial charge in [-0.25, -0.2) is 4.98 Å². The van der Waals surface area contributed by atoms with Crippen LogP contribution < -0.4 is 5.32 Å². The first-order valence-corrected chi connectivity index (χ1v) is 9.02. The van der Waals surface area contributed by atoms with Gasteiger partial charge in [0.15, 0.2) is 10.7 Å². The number of fused-ring (bicyclic) bond motifs is 1. The number of para-hydroxylation sites is 1. The number of carbonyl (C=O) groups excluding carboxylic acids is 1. The first kappa shape index (κ1) is 17.0. The van der Waals surface area contributed by atoms with Crippen molar-refractivity contribution in [3.8, 4) is 0 Å². The van der Waals surface area contributed by atoms with E-state index in [9.17, 15) is 18.0 Å². The molecule has 0 unspecified atom stereocenters. The van der Waals surface area contributed by atoms with E-state index in [0.717, 1.165) is 29.1 Å². The van der Waals surface area contributed by atoms with Crippen LogP contribution in [0.3, 0.4) is 0 Å². The van der Waals surface area contributed by atoms with Gasteiger partial charge in [0, 0.05) is 18.2 Å². The Bertz CT molecular complexity index is 925. The number of benzene rings is 1. The minimum absolute atomic E-state index is 0.138. The second kappa shape index (κ2) is 6.39. The molecule has 1 aliphatic rings. The minimum atomic E-state index is -4.46. The number of nitrogens with one attached hydrogen (secondary N) is 1. The van der Waals surface area contributed by atoms with E-state index < -0.39 is 11.9 Å². The van der Waals surface area contributed by atoms with Crippen LogP contribution in [0, 0.1) is 0 Å². The monoisotopic (exact) mass is 380 g/mol. The zero-order chi connectivity index (χ0) is 18.3. The molecule has 0 bridgehead atoms. The minimum Gasteiger partial charge on any atom is -0.348 e. The van der Waals surface area contributed by atoms with Gasteiger partial charge >= 0.3 is 6.18 Å². The van der Waals surface area contributed by atoms with Gasteiger partial charge in [-0.2, -0.15) is 18.3 Å². The molecule has 4 rings (SSSR count). The lowest BCUT2D eigenvalue weighted by molar-refractivity contribution is -0.141. The molecule has 0 atom stereocenters. The molecule has 2 aromatic heterocycles. The van der Waals surface area contributed by atoms with Crippen LogP contribution in [0.25, 0.3) is 10.2 Å². The first-order valence-electron chi connectivity index (χ1n) is 8.20. The summed E-state index contributed by atoms with van der Waals surface area (Å²) in [7, 11) is 0. The van der Waals surface area contributed by atoms with Gasteiger partial charge in [0.1, 0.15) is 0 Å². The van der Waals surface area contributed by atoms with Crippen LogP contribution >= 0.6 is 11.3 Å². The average molecular weight is 380 g/mol. The molecule has 1 fully saturated rings. The normalized spacial score (nSPS) is 14.7. The van der Waals surface area contributed by atoms with Crippen LogP contribution in [0.2, 0.25) is 0 Å². The zero-order valence-corrected chi connectivity index (χ0v) is 14.4. The zero-order valence-electron chi connectivity index (χ0n) is 13.6. The Kier molecular flexibility index (Phi) is 4.18. The van der Waals surface area contributed by atoms with Gasteiger partial charge in [-0.15, -0.1) is 11.3 Å². The number of hydrogen-bond acceptors (Lipinski definition) is 4. The number of rotatable bonds is 5. The van der Waals surface area contributed by atoms with E-state index >= 15 is 0 Å². The topological polar surface area (TPSA) is 59.8 Å². The molecule has 0 saturated heterocycles. The molecule has 5 nitrogen and oxygen atoms in total. The summed E-state index contributed by atoms with van der Waals surface area (Å²) in [6, 6.07) is 8.55. The largest absolute Gasteiger partial charge is 0.435 e. The summed E-state index contributed by atoms with van der Waals surface area (Å²) in [6.45, 7) is 0.381. The van der Waals surface area contributed by atoms with Crippen molar-refractivity contribution in [2.24, 2.45) is 0 Å². The highest BCUT2D eigenvalue weighted by Crippen LogP contribution is 2.42. The van der Waals surface area contributed by atoms with Crippen molar-refractivity contribution in [2.45, 2.75) is 31.5 Å². The van der Waals surface area contributed by atoms with Crippen molar-refractivity contribution in [3.05, 3.63) is 46.7 Å². The number of carbonyl (C=O) groups is 1. The van der Waals surface area contributed by atoms with Crippen molar-refractivity contribution in [1.82, 2.24) is 20.1 Å². The number of thiazole rings is 1. The Morgan fingerprint density at radius 3 is 2.77 bits per heavy atom. The molecule has 9 heteroatoms. The van der Waals surface area contributed by atoms with Crippen LogP contribution in [0.5, 0.6) is 0 Å². The molecule has 1 amide bonds. The molecule has 1 N–H and O–H groups in total. The van der Waals surface area contributed by atoms with E-state index in [1.807, 2.05) is 24.3 Å². The number of aromatic nitrogens is 3. The summed E-state index contributed by atoms with van der Waals surface area (Å²) in [5, 5.41) is 6.72. The number of halogens is 3. The van der Waals surface area contributed by atoms with Crippen LogP contribution in [0.1, 0.15) is 39.9 Å². The Balaban J connectivity index is 1.42. The van der Waals surface area contributed by atoms with Gasteiger partial charge in [0.25, 0.3) is 5.91 Å². The molecule has 26 heavy (non-hydrogen) atoms. The Morgan fingerprint density at radius 2 is 2.08 bits per heavy atom. The predicted octanol–water partition coefficient (Wildman–Crippen LogP) is 3.82. The van der Waals surface area contributed by atoms with E-state index in [1.54, 1.807) is 0 Å². The molecular formula is C17H15F3N4OS. The molecule has 1 aliphatic carbocycles. The number of alkyl halides is 3. The van der Waals surface area contributed by atoms with E-state index in [2.05, 4.69) is 15.4 Å². The number of hydrogen-bond donors (Lipinski definition) is 1. The molecule has 2 heterocycles. The lowest BCUT2D eigenvalue weighted by Crippen LogP contribution is -2.28. The quantitative estimate of drug-likeness (QED) is 0.732. The molecule has 1 aromatic carbocycles. The summed E-state index contributed by atoms with van der Waals surface area (Å²) in [5.41, 5.74) is 0.462. The summed E-state index contributed by atoms with van der Waals surface area (Å²) < 4.78 is 40.9. The number of amides is 1. The predicted molar refractivity (Wildman–Crippen MR) is 91.2 cm³/mol. The third-order valence-electron chi connectivity index (χ3n) is 4.19. The molecular weight excluding hydrogens is 365 g/mol. The highest BCUT2D eigenvalue weighted by atomic mass is 32.1. The molecule has 0 aliphatic heterocycles. The van der Waals surface area contributed by atoms with E-state index in [1.165, 1.54) is 16.0 Å². The van der Waals surface area contributed by atoms with Crippen molar-refractivity contribution in [1.29, 1.82) is 0 Å². The van der Waals surface area contributed by atoms with E-state index in [4.69, 9.17) is 0 Å². The smallest absolute Gasteiger partial charge is 0.348 e. The molecule has 0 radical (unpaired) electrons. The average Bonchev–Trinajstić information content (AvgIpc) is 3.19. The van der Waals surface area contributed by atoms with Crippen LogP contribution in [-0.2, 0) is 12.7 Å². The molecule has 136 valence electrons. The lowest BCUT2D eigenvalue weighted by Gasteiger charge is -2.07. The molecule has 0 spiro atoms. The van der Waals surface area contributed by atoms with Crippen molar-refractivity contribution < 1.29 is 18.0 Å². The number of nitrogens with zero attached hydrogens (tertiary/aromatic N) is 3. The standard InChI is InChI=1S/C17H15F3N4OS/c18-17(19,20)14-9-12(10-5-6-10)24(23-14)8-7-21-15(25)16-22-11-3-1-2-4-13(11)26-16/h1-4,9-10H,5-8H2,(H,21,25). The fraction of sp³-hybridized carbons (Fsp3) is 0.353. The van der Waals surface area contributed by atoms with Crippen LogP contribution in [0.15, 0.2) is 30.3 Å². The van der Waals surface area contributed by atoms with Crippen molar-refractivity contribution >= 4 is 27.5 Å². The second-order valence-electron chi connectivity index (χ2n) is 6.19. The summed E-state index contributed by atoms with van der Waals surface area (Å²) in [6.07, 6.45) is -2.71. The summed E-state index contributed by atoms with van der Waals surface area (Å²) in [4.78, 5) is 16.5. The maximum Gasteiger partial charge on any atom is 0.435 e. The Hall–Kier alpha value is -2.42. The Morgan fingerprint density at radius 1 is 1.31 bits per heavy atom. The maximum absolute atomic E-state index is 12.9. The first-order chi connectivity index (χ1) is 12.4. The fourth-order valence-electron chi connectivity index (χ4n) is 2.78.